The van der Waals surface area contributed by atoms with Crippen LogP contribution in [0, 0.1) is 0 Å². The molecule has 0 saturated carbocycles. The normalized spacial score (nSPS) is 12.3. The zero-order chi connectivity index (χ0) is 14.8. The molecule has 0 aliphatic carbocycles. The number of nitrogens with one attached hydrogen (secondary N) is 2. The molecule has 0 aromatic heterocycles. The molecule has 0 radical (unpaired) electrons. The van der Waals surface area contributed by atoms with Gasteiger partial charge in [-0.3, -0.25) is 0 Å². The molecule has 0 saturated heterocycles. The lowest BCUT2D eigenvalue weighted by Gasteiger charge is -2.15. The summed E-state index contributed by atoms with van der Waals surface area (Å²) < 4.78 is 6.75. The highest BCUT2D eigenvalue weighted by atomic mass is 127. The first-order valence-corrected chi connectivity index (χ1v) is 7.51. The third kappa shape index (κ3) is 8.47. The van der Waals surface area contributed by atoms with Crippen molar-refractivity contribution in [3.05, 3.63) is 28.7 Å². The minimum Gasteiger partial charge on any atom is -0.488 e. The van der Waals surface area contributed by atoms with Crippen molar-refractivity contribution in [2.75, 3.05) is 26.2 Å². The average molecular weight is 472 g/mol. The van der Waals surface area contributed by atoms with Crippen molar-refractivity contribution in [2.45, 2.75) is 20.0 Å². The summed E-state index contributed by atoms with van der Waals surface area (Å²) in [6, 6.07) is 7.74. The van der Waals surface area contributed by atoms with Crippen LogP contribution in [0.1, 0.15) is 13.8 Å². The number of hydrogen-bond acceptors (Lipinski definition) is 3. The van der Waals surface area contributed by atoms with Gasteiger partial charge in [-0.15, -0.1) is 24.0 Å². The van der Waals surface area contributed by atoms with E-state index >= 15 is 0 Å². The highest BCUT2D eigenvalue weighted by molar-refractivity contribution is 14.0. The molecule has 5 nitrogen and oxygen atoms in total. The third-order valence-corrected chi connectivity index (χ3v) is 3.07. The van der Waals surface area contributed by atoms with Crippen molar-refractivity contribution in [3.63, 3.8) is 0 Å². The molecule has 1 aromatic carbocycles. The van der Waals surface area contributed by atoms with E-state index in [2.05, 4.69) is 31.6 Å². The Balaban J connectivity index is 0.00000400. The van der Waals surface area contributed by atoms with Crippen molar-refractivity contribution < 1.29 is 9.84 Å². The van der Waals surface area contributed by atoms with Gasteiger partial charge in [0.2, 0.25) is 0 Å². The third-order valence-electron chi connectivity index (χ3n) is 2.42. The number of hydrogen-bond donors (Lipinski definition) is 3. The van der Waals surface area contributed by atoms with E-state index in [4.69, 9.17) is 9.84 Å². The smallest absolute Gasteiger partial charge is 0.191 e. The van der Waals surface area contributed by atoms with E-state index in [1.165, 1.54) is 0 Å². The van der Waals surface area contributed by atoms with Gasteiger partial charge in [0.05, 0.1) is 17.6 Å². The van der Waals surface area contributed by atoms with Crippen LogP contribution in [0.25, 0.3) is 0 Å². The van der Waals surface area contributed by atoms with Crippen LogP contribution in [0.3, 0.4) is 0 Å². The molecule has 1 atom stereocenters. The van der Waals surface area contributed by atoms with Gasteiger partial charge in [-0.1, -0.05) is 12.1 Å². The van der Waals surface area contributed by atoms with Gasteiger partial charge in [-0.2, -0.15) is 0 Å². The topological polar surface area (TPSA) is 65.9 Å². The first-order chi connectivity index (χ1) is 9.67. The molecule has 0 spiro atoms. The highest BCUT2D eigenvalue weighted by Crippen LogP contribution is 2.24. The molecular formula is C14H23BrIN3O2. The largest absolute Gasteiger partial charge is 0.488 e. The number of nitrogens with zero attached hydrogens (tertiary/aromatic N) is 1. The van der Waals surface area contributed by atoms with Crippen LogP contribution < -0.4 is 15.4 Å². The Morgan fingerprint density at radius 2 is 2.10 bits per heavy atom. The van der Waals surface area contributed by atoms with Crippen LogP contribution in [-0.4, -0.2) is 43.4 Å². The molecule has 1 unspecified atom stereocenters. The maximum absolute atomic E-state index is 8.81. The Kier molecular flexibility index (Phi) is 11.7. The zero-order valence-electron chi connectivity index (χ0n) is 12.3. The zero-order valence-corrected chi connectivity index (χ0v) is 16.2. The van der Waals surface area contributed by atoms with E-state index in [1.54, 1.807) is 0 Å². The van der Waals surface area contributed by atoms with Crippen LogP contribution in [-0.2, 0) is 0 Å². The first-order valence-electron chi connectivity index (χ1n) is 6.71. The number of para-hydroxylation sites is 1. The van der Waals surface area contributed by atoms with Gasteiger partial charge in [-0.25, -0.2) is 4.99 Å². The van der Waals surface area contributed by atoms with Crippen LogP contribution in [0.15, 0.2) is 33.7 Å². The summed E-state index contributed by atoms with van der Waals surface area (Å²) >= 11 is 3.45. The minimum absolute atomic E-state index is 0. The van der Waals surface area contributed by atoms with Gasteiger partial charge in [0.1, 0.15) is 11.9 Å². The Morgan fingerprint density at radius 3 is 2.71 bits per heavy atom. The van der Waals surface area contributed by atoms with Gasteiger partial charge in [0.25, 0.3) is 0 Å². The fourth-order valence-electron chi connectivity index (χ4n) is 1.53. The van der Waals surface area contributed by atoms with Crippen molar-refractivity contribution in [3.8, 4) is 5.75 Å². The molecule has 1 aromatic rings. The fourth-order valence-corrected chi connectivity index (χ4v) is 1.91. The summed E-state index contributed by atoms with van der Waals surface area (Å²) in [5, 5.41) is 14.9. The summed E-state index contributed by atoms with van der Waals surface area (Å²) in [4.78, 5) is 4.42. The molecule has 0 aliphatic rings. The summed E-state index contributed by atoms with van der Waals surface area (Å²) in [5.74, 6) is 1.49. The molecule has 3 N–H and O–H groups in total. The van der Waals surface area contributed by atoms with E-state index in [-0.39, 0.29) is 36.7 Å². The molecule has 120 valence electrons. The second-order valence-electron chi connectivity index (χ2n) is 4.23. The van der Waals surface area contributed by atoms with E-state index < -0.39 is 0 Å². The molecular weight excluding hydrogens is 449 g/mol. The first kappa shape index (κ1) is 20.5. The van der Waals surface area contributed by atoms with Crippen LogP contribution in [0.2, 0.25) is 0 Å². The summed E-state index contributed by atoms with van der Waals surface area (Å²) in [6.45, 7) is 5.83. The number of halogens is 2. The van der Waals surface area contributed by atoms with Crippen molar-refractivity contribution >= 4 is 45.9 Å². The number of guanidine groups is 1. The van der Waals surface area contributed by atoms with E-state index in [1.807, 2.05) is 38.1 Å². The SMILES string of the molecule is CCNC(=NCC(C)Oc1ccccc1Br)NCCO.I. The Morgan fingerprint density at radius 1 is 1.38 bits per heavy atom. The van der Waals surface area contributed by atoms with E-state index in [0.717, 1.165) is 16.8 Å². The van der Waals surface area contributed by atoms with Gasteiger partial charge in [-0.05, 0) is 41.9 Å². The van der Waals surface area contributed by atoms with Gasteiger partial charge < -0.3 is 20.5 Å². The Bertz CT molecular complexity index is 432. The van der Waals surface area contributed by atoms with E-state index in [9.17, 15) is 0 Å². The van der Waals surface area contributed by atoms with Crippen molar-refractivity contribution in [2.24, 2.45) is 4.99 Å². The second kappa shape index (κ2) is 12.0. The van der Waals surface area contributed by atoms with Crippen molar-refractivity contribution in [1.29, 1.82) is 0 Å². The quantitative estimate of drug-likeness (QED) is 0.324. The van der Waals surface area contributed by atoms with Gasteiger partial charge >= 0.3 is 0 Å². The maximum Gasteiger partial charge on any atom is 0.191 e. The second-order valence-corrected chi connectivity index (χ2v) is 5.08. The molecule has 0 aliphatic heterocycles. The molecule has 0 amide bonds. The lowest BCUT2D eigenvalue weighted by molar-refractivity contribution is 0.228. The van der Waals surface area contributed by atoms with Crippen LogP contribution >= 0.6 is 39.9 Å². The molecule has 0 heterocycles. The lowest BCUT2D eigenvalue weighted by Crippen LogP contribution is -2.39. The standard InChI is InChI=1S/C14H22BrN3O2.HI/c1-3-16-14(17-8-9-19)18-10-11(2)20-13-7-5-4-6-12(13)15;/h4-7,11,19H,3,8-10H2,1-2H3,(H2,16,17,18);1H. The predicted octanol–water partition coefficient (Wildman–Crippen LogP) is 2.38. The lowest BCUT2D eigenvalue weighted by atomic mass is 10.3. The minimum atomic E-state index is -0.0433. The van der Waals surface area contributed by atoms with Crippen molar-refractivity contribution in [1.82, 2.24) is 10.6 Å². The molecule has 1 rings (SSSR count). The fraction of sp³-hybridized carbons (Fsp3) is 0.500. The Labute approximate surface area is 151 Å². The number of rotatable bonds is 7. The van der Waals surface area contributed by atoms with Gasteiger partial charge in [0.15, 0.2) is 5.96 Å². The molecule has 0 bridgehead atoms. The number of benzene rings is 1. The van der Waals surface area contributed by atoms with E-state index in [0.29, 0.717) is 19.0 Å². The summed E-state index contributed by atoms with van der Waals surface area (Å²) in [5.41, 5.74) is 0. The van der Waals surface area contributed by atoms with Gasteiger partial charge in [0, 0.05) is 13.1 Å². The summed E-state index contributed by atoms with van der Waals surface area (Å²) in [7, 11) is 0. The number of aliphatic hydroxyl groups is 1. The Hall–Kier alpha value is -0.540. The average Bonchev–Trinajstić information content (AvgIpc) is 2.44. The number of aliphatic imine (C=N–C) groups is 1. The highest BCUT2D eigenvalue weighted by Gasteiger charge is 2.06. The molecule has 7 heteroatoms. The predicted molar refractivity (Wildman–Crippen MR) is 101 cm³/mol. The number of ether oxygens (including phenoxy) is 1. The maximum atomic E-state index is 8.81. The summed E-state index contributed by atoms with van der Waals surface area (Å²) in [6.07, 6.45) is -0.0433. The molecule has 21 heavy (non-hydrogen) atoms. The van der Waals surface area contributed by atoms with Crippen LogP contribution in [0.5, 0.6) is 5.75 Å². The molecule has 0 fully saturated rings. The van der Waals surface area contributed by atoms with Crippen LogP contribution in [0.4, 0.5) is 0 Å². The monoisotopic (exact) mass is 471 g/mol. The number of aliphatic hydroxyl groups excluding tert-OH is 1.